The van der Waals surface area contributed by atoms with Crippen LogP contribution in [0.1, 0.15) is 96.3 Å². The van der Waals surface area contributed by atoms with Crippen molar-refractivity contribution in [3.8, 4) is 0 Å². The van der Waals surface area contributed by atoms with Gasteiger partial charge in [-0.2, -0.15) is 0 Å². The van der Waals surface area contributed by atoms with Gasteiger partial charge in [-0.25, -0.2) is 0 Å². The van der Waals surface area contributed by atoms with Crippen LogP contribution in [-0.4, -0.2) is 17.0 Å². The van der Waals surface area contributed by atoms with Gasteiger partial charge >= 0.3 is 56.5 Å². The average molecular weight is 605 g/mol. The van der Waals surface area contributed by atoms with E-state index in [-0.39, 0.29) is 29.0 Å². The Kier molecular flexibility index (Phi) is 38.4. The molecule has 0 aliphatic heterocycles. The SMILES string of the molecule is C1CCC([PH+](C2CCCCC2)C2CCCCC2)CC1.[C-]#[O+].[C-]#[O+].[C-]#[O+].[C-]#[O+].[C-]#[O+].[W]. The maximum Gasteiger partial charge on any atom is 0 e. The molecule has 0 heterocycles. The summed E-state index contributed by atoms with van der Waals surface area (Å²) in [6.45, 7) is 22.5. The van der Waals surface area contributed by atoms with Gasteiger partial charge in [-0.15, -0.1) is 0 Å². The maximum atomic E-state index is 7.50. The molecule has 3 fully saturated rings. The van der Waals surface area contributed by atoms with Gasteiger partial charge in [-0.1, -0.05) is 19.3 Å². The van der Waals surface area contributed by atoms with Crippen LogP contribution in [0.25, 0.3) is 0 Å². The number of hydrogen-bond acceptors (Lipinski definition) is 0. The summed E-state index contributed by atoms with van der Waals surface area (Å²) in [5.74, 6) is 0. The van der Waals surface area contributed by atoms with E-state index in [1.165, 1.54) is 17.0 Å². The van der Waals surface area contributed by atoms with E-state index >= 15 is 0 Å². The predicted octanol–water partition coefficient (Wildman–Crippen LogP) is 6.01. The summed E-state index contributed by atoms with van der Waals surface area (Å²) in [4.78, 5) is 0. The first-order valence-corrected chi connectivity index (χ1v) is 12.1. The second-order valence-corrected chi connectivity index (χ2v) is 11.0. The van der Waals surface area contributed by atoms with E-state index in [0.29, 0.717) is 0 Å². The summed E-state index contributed by atoms with van der Waals surface area (Å²) in [6.07, 6.45) is 23.8. The van der Waals surface area contributed by atoms with Crippen LogP contribution in [0.2, 0.25) is 0 Å². The molecule has 0 aromatic heterocycles. The molecule has 0 unspecified atom stereocenters. The van der Waals surface area contributed by atoms with Crippen molar-refractivity contribution < 1.29 is 44.3 Å². The Balaban J connectivity index is -0.000000271. The zero-order valence-electron chi connectivity index (χ0n) is 17.8. The molecule has 30 heavy (non-hydrogen) atoms. The minimum atomic E-state index is -0.0465. The second-order valence-electron chi connectivity index (χ2n) is 7.50. The summed E-state index contributed by atoms with van der Waals surface area (Å²) in [5.41, 5.74) is 3.68. The van der Waals surface area contributed by atoms with Gasteiger partial charge in [0.05, 0.1) is 17.0 Å². The van der Waals surface area contributed by atoms with Crippen molar-refractivity contribution in [3.63, 3.8) is 0 Å². The summed E-state index contributed by atoms with van der Waals surface area (Å²) in [6, 6.07) is 0. The Bertz CT molecular complexity index is 365. The molecule has 0 bridgehead atoms. The fourth-order valence-corrected chi connectivity index (χ4v) is 10.5. The molecule has 3 rings (SSSR count). The summed E-state index contributed by atoms with van der Waals surface area (Å²) in [5, 5.41) is 0. The van der Waals surface area contributed by atoms with Gasteiger partial charge < -0.3 is 0 Å². The van der Waals surface area contributed by atoms with E-state index in [1.54, 1.807) is 96.3 Å². The third-order valence-electron chi connectivity index (χ3n) is 6.23. The third kappa shape index (κ3) is 15.6. The standard InChI is InChI=1S/C18H33P.5CO.W/c1-4-10-16(11-5-1)19(17-12-6-2-7-13-17)18-14-8-3-9-15-18;5*1-2;/h16-18H,1-15H2;;;;;;/p+1. The Morgan fingerprint density at radius 2 is 0.533 bits per heavy atom. The molecule has 0 atom stereocenters. The Morgan fingerprint density at radius 1 is 0.367 bits per heavy atom. The Morgan fingerprint density at radius 3 is 0.700 bits per heavy atom. The first-order valence-electron chi connectivity index (χ1n) is 10.3. The predicted molar refractivity (Wildman–Crippen MR) is 109 cm³/mol. The molecule has 3 saturated carbocycles. The summed E-state index contributed by atoms with van der Waals surface area (Å²) < 4.78 is 37.5. The molecule has 0 amide bonds. The van der Waals surface area contributed by atoms with E-state index in [4.69, 9.17) is 23.3 Å². The van der Waals surface area contributed by atoms with Crippen LogP contribution < -0.4 is 0 Å². The largest absolute Gasteiger partial charge is 0 e. The molecular weight excluding hydrogens is 571 g/mol. The van der Waals surface area contributed by atoms with Crippen molar-refractivity contribution in [1.82, 2.24) is 0 Å². The normalized spacial score (nSPS) is 18.6. The third-order valence-corrected chi connectivity index (χ3v) is 10.8. The van der Waals surface area contributed by atoms with Crippen molar-refractivity contribution >= 4 is 7.92 Å². The van der Waals surface area contributed by atoms with Gasteiger partial charge in [0.1, 0.15) is 0 Å². The van der Waals surface area contributed by atoms with E-state index in [2.05, 4.69) is 33.3 Å². The molecule has 3 aliphatic carbocycles. The number of rotatable bonds is 3. The molecule has 0 spiro atoms. The van der Waals surface area contributed by atoms with Crippen molar-refractivity contribution in [2.75, 3.05) is 0 Å². The van der Waals surface area contributed by atoms with E-state index in [1.807, 2.05) is 0 Å². The van der Waals surface area contributed by atoms with Gasteiger partial charge in [0, 0.05) is 29.0 Å². The van der Waals surface area contributed by atoms with E-state index in [0.717, 1.165) is 0 Å². The molecule has 0 aromatic rings. The van der Waals surface area contributed by atoms with Crippen molar-refractivity contribution in [2.45, 2.75) is 113 Å². The second kappa shape index (κ2) is 31.0. The van der Waals surface area contributed by atoms with Gasteiger partial charge in [0.25, 0.3) is 0 Å². The van der Waals surface area contributed by atoms with Crippen LogP contribution in [-0.2, 0) is 44.3 Å². The first kappa shape index (κ1) is 37.2. The molecule has 0 N–H and O–H groups in total. The molecule has 0 radical (unpaired) electrons. The smallest absolute Gasteiger partial charge is 0 e. The van der Waals surface area contributed by atoms with Gasteiger partial charge in [-0.3, -0.25) is 0 Å². The molecule has 3 aliphatic rings. The fourth-order valence-electron chi connectivity index (χ4n) is 5.31. The van der Waals surface area contributed by atoms with E-state index in [9.17, 15) is 0 Å². The Hall–Kier alpha value is -0.182. The molecule has 166 valence electrons. The van der Waals surface area contributed by atoms with E-state index < -0.39 is 0 Å². The van der Waals surface area contributed by atoms with Crippen molar-refractivity contribution in [1.29, 1.82) is 0 Å². The number of hydrogen-bond donors (Lipinski definition) is 0. The topological polar surface area (TPSA) is 99.5 Å². The molecule has 5 nitrogen and oxygen atoms in total. The minimum absolute atomic E-state index is 0. The van der Waals surface area contributed by atoms with Crippen LogP contribution in [0.5, 0.6) is 0 Å². The van der Waals surface area contributed by atoms with Gasteiger partial charge in [0.2, 0.25) is 0 Å². The van der Waals surface area contributed by atoms with Crippen LogP contribution in [0.15, 0.2) is 0 Å². The fraction of sp³-hybridized carbons (Fsp3) is 0.783. The zero-order valence-corrected chi connectivity index (χ0v) is 21.7. The van der Waals surface area contributed by atoms with Crippen molar-refractivity contribution in [3.05, 3.63) is 33.3 Å². The monoisotopic (exact) mass is 605 g/mol. The van der Waals surface area contributed by atoms with Crippen LogP contribution >= 0.6 is 7.92 Å². The molecule has 0 aromatic carbocycles. The Labute approximate surface area is 198 Å². The average Bonchev–Trinajstić information content (AvgIpc) is 2.88. The first-order chi connectivity index (χ1) is 14.4. The van der Waals surface area contributed by atoms with Crippen LogP contribution in [0.4, 0.5) is 0 Å². The van der Waals surface area contributed by atoms with Gasteiger partial charge in [0.15, 0.2) is 0 Å². The van der Waals surface area contributed by atoms with Crippen LogP contribution in [0, 0.1) is 33.3 Å². The summed E-state index contributed by atoms with van der Waals surface area (Å²) in [7, 11) is -0.0465. The maximum absolute atomic E-state index is 7.50. The summed E-state index contributed by atoms with van der Waals surface area (Å²) >= 11 is 0. The zero-order chi connectivity index (χ0) is 22.9. The van der Waals surface area contributed by atoms with Gasteiger partial charge in [-0.05, 0) is 77.0 Å². The van der Waals surface area contributed by atoms with Crippen molar-refractivity contribution in [2.24, 2.45) is 0 Å². The molecule has 0 saturated heterocycles. The molecule has 7 heteroatoms. The molecular formula is C23H34O5PW+. The quantitative estimate of drug-likeness (QED) is 0.214. The van der Waals surface area contributed by atoms with Crippen LogP contribution in [0.3, 0.4) is 0 Å². The minimum Gasteiger partial charge on any atom is 0 e.